The van der Waals surface area contributed by atoms with Gasteiger partial charge in [-0.1, -0.05) is 36.4 Å². The second-order valence-electron chi connectivity index (χ2n) is 6.26. The third-order valence-corrected chi connectivity index (χ3v) is 5.39. The van der Waals surface area contributed by atoms with Crippen molar-refractivity contribution in [3.63, 3.8) is 0 Å². The molecule has 0 aliphatic rings. The molecule has 0 radical (unpaired) electrons. The van der Waals surface area contributed by atoms with E-state index in [0.29, 0.717) is 23.0 Å². The molecule has 0 saturated carbocycles. The van der Waals surface area contributed by atoms with Gasteiger partial charge in [-0.2, -0.15) is 0 Å². The van der Waals surface area contributed by atoms with Crippen LogP contribution in [-0.4, -0.2) is 22.1 Å². The van der Waals surface area contributed by atoms with E-state index < -0.39 is 4.92 Å². The Kier molecular flexibility index (Phi) is 7.04. The highest BCUT2D eigenvalue weighted by Crippen LogP contribution is 2.33. The van der Waals surface area contributed by atoms with Gasteiger partial charge in [-0.15, -0.1) is 11.8 Å². The van der Waals surface area contributed by atoms with E-state index in [4.69, 9.17) is 9.84 Å². The highest BCUT2D eigenvalue weighted by molar-refractivity contribution is 7.98. The molecule has 0 saturated heterocycles. The van der Waals surface area contributed by atoms with Crippen LogP contribution in [0.25, 0.3) is 0 Å². The zero-order valence-corrected chi connectivity index (χ0v) is 16.7. The summed E-state index contributed by atoms with van der Waals surface area (Å²) in [6, 6.07) is 16.9. The fraction of sp³-hybridized carbons (Fsp3) is 0.190. The zero-order chi connectivity index (χ0) is 20.6. The Morgan fingerprint density at radius 3 is 2.38 bits per heavy atom. The van der Waals surface area contributed by atoms with Crippen molar-refractivity contribution in [3.8, 4) is 5.75 Å². The lowest BCUT2D eigenvalue weighted by Gasteiger charge is -2.09. The minimum absolute atomic E-state index is 0.00634. The molecule has 8 heteroatoms. The van der Waals surface area contributed by atoms with E-state index in [-0.39, 0.29) is 12.3 Å². The molecular weight excluding hydrogens is 390 g/mol. The van der Waals surface area contributed by atoms with Gasteiger partial charge in [-0.25, -0.2) is 4.98 Å². The Morgan fingerprint density at radius 2 is 1.76 bits per heavy atom. The molecule has 0 bridgehead atoms. The number of aromatic nitrogens is 1. The summed E-state index contributed by atoms with van der Waals surface area (Å²) in [6.07, 6.45) is 1.29. The second-order valence-corrected chi connectivity index (χ2v) is 7.28. The molecule has 29 heavy (non-hydrogen) atoms. The van der Waals surface area contributed by atoms with Gasteiger partial charge in [0.15, 0.2) is 0 Å². The maximum Gasteiger partial charge on any atom is 0.301 e. The lowest BCUT2D eigenvalue weighted by molar-refractivity contribution is -0.388. The number of methoxy groups -OCH3 is 1. The fourth-order valence-corrected chi connectivity index (χ4v) is 3.60. The first-order valence-corrected chi connectivity index (χ1v) is 9.90. The largest absolute Gasteiger partial charge is 0.497 e. The summed E-state index contributed by atoms with van der Waals surface area (Å²) in [5.74, 6) is 1.93. The molecular formula is C21H21N3O4S. The lowest BCUT2D eigenvalue weighted by atomic mass is 10.1. The van der Waals surface area contributed by atoms with Crippen LogP contribution in [0.1, 0.15) is 16.7 Å². The van der Waals surface area contributed by atoms with Crippen LogP contribution in [0.4, 0.5) is 11.5 Å². The Labute approximate surface area is 172 Å². The smallest absolute Gasteiger partial charge is 0.301 e. The standard InChI is InChI=1S/C21H21N3O4S/c1-28-18-8-6-17(7-9-18)14-29-20-10-21(23-12-19(20)24(26)27)22-11-15-2-4-16(13-25)5-3-15/h2-10,12,25H,11,13-14H2,1H3,(H,22,23). The molecule has 3 rings (SSSR count). The summed E-state index contributed by atoms with van der Waals surface area (Å²) >= 11 is 1.39. The second kappa shape index (κ2) is 9.90. The van der Waals surface area contributed by atoms with Gasteiger partial charge >= 0.3 is 5.69 Å². The average Bonchev–Trinajstić information content (AvgIpc) is 2.76. The summed E-state index contributed by atoms with van der Waals surface area (Å²) in [5, 5.41) is 23.7. The van der Waals surface area contributed by atoms with E-state index in [1.807, 2.05) is 48.5 Å². The van der Waals surface area contributed by atoms with Gasteiger partial charge in [0, 0.05) is 18.4 Å². The van der Waals surface area contributed by atoms with Crippen molar-refractivity contribution in [1.82, 2.24) is 4.98 Å². The van der Waals surface area contributed by atoms with Crippen molar-refractivity contribution in [2.45, 2.75) is 23.8 Å². The maximum atomic E-state index is 11.4. The number of hydrogen-bond donors (Lipinski definition) is 2. The molecule has 0 fully saturated rings. The molecule has 0 aliphatic carbocycles. The van der Waals surface area contributed by atoms with Gasteiger partial charge in [-0.05, 0) is 28.8 Å². The van der Waals surface area contributed by atoms with E-state index in [2.05, 4.69) is 10.3 Å². The molecule has 7 nitrogen and oxygen atoms in total. The summed E-state index contributed by atoms with van der Waals surface area (Å²) in [4.78, 5) is 15.7. The number of ether oxygens (including phenoxy) is 1. The molecule has 0 amide bonds. The minimum atomic E-state index is -0.416. The molecule has 0 unspecified atom stereocenters. The number of thioether (sulfide) groups is 1. The van der Waals surface area contributed by atoms with Crippen molar-refractivity contribution in [3.05, 3.63) is 87.6 Å². The zero-order valence-electron chi connectivity index (χ0n) is 15.9. The molecule has 0 spiro atoms. The number of nitrogens with zero attached hydrogens (tertiary/aromatic N) is 2. The Balaban J connectivity index is 1.69. The van der Waals surface area contributed by atoms with Crippen LogP contribution < -0.4 is 10.1 Å². The van der Waals surface area contributed by atoms with Crippen LogP contribution in [0.2, 0.25) is 0 Å². The molecule has 0 atom stereocenters. The van der Waals surface area contributed by atoms with Crippen LogP contribution in [0.5, 0.6) is 5.75 Å². The summed E-state index contributed by atoms with van der Waals surface area (Å²) in [7, 11) is 1.61. The van der Waals surface area contributed by atoms with Gasteiger partial charge in [0.2, 0.25) is 0 Å². The highest BCUT2D eigenvalue weighted by Gasteiger charge is 2.16. The van der Waals surface area contributed by atoms with Crippen molar-refractivity contribution in [2.75, 3.05) is 12.4 Å². The van der Waals surface area contributed by atoms with Gasteiger partial charge in [0.05, 0.1) is 23.5 Å². The number of benzene rings is 2. The number of aliphatic hydroxyl groups is 1. The predicted octanol–water partition coefficient (Wildman–Crippen LogP) is 4.40. The summed E-state index contributed by atoms with van der Waals surface area (Å²) in [6.45, 7) is 0.533. The maximum absolute atomic E-state index is 11.4. The fourth-order valence-electron chi connectivity index (χ4n) is 2.62. The van der Waals surface area contributed by atoms with E-state index >= 15 is 0 Å². The minimum Gasteiger partial charge on any atom is -0.497 e. The van der Waals surface area contributed by atoms with E-state index in [9.17, 15) is 10.1 Å². The van der Waals surface area contributed by atoms with Crippen molar-refractivity contribution >= 4 is 23.3 Å². The monoisotopic (exact) mass is 411 g/mol. The van der Waals surface area contributed by atoms with E-state index in [1.54, 1.807) is 13.2 Å². The topological polar surface area (TPSA) is 97.5 Å². The molecule has 3 aromatic rings. The number of nitrogens with one attached hydrogen (secondary N) is 1. The Morgan fingerprint density at radius 1 is 1.10 bits per heavy atom. The van der Waals surface area contributed by atoms with Crippen LogP contribution in [0.15, 0.2) is 65.7 Å². The molecule has 1 heterocycles. The molecule has 2 N–H and O–H groups in total. The molecule has 150 valence electrons. The van der Waals surface area contributed by atoms with Gasteiger partial charge in [0.25, 0.3) is 0 Å². The van der Waals surface area contributed by atoms with Gasteiger partial charge in [0.1, 0.15) is 17.8 Å². The first-order chi connectivity index (χ1) is 14.1. The Hall–Kier alpha value is -3.10. The third-order valence-electron chi connectivity index (χ3n) is 4.28. The highest BCUT2D eigenvalue weighted by atomic mass is 32.2. The first-order valence-electron chi connectivity index (χ1n) is 8.91. The van der Waals surface area contributed by atoms with Crippen LogP contribution in [0, 0.1) is 10.1 Å². The third kappa shape index (κ3) is 5.69. The van der Waals surface area contributed by atoms with Crippen molar-refractivity contribution < 1.29 is 14.8 Å². The average molecular weight is 411 g/mol. The van der Waals surface area contributed by atoms with Gasteiger partial charge in [-0.3, -0.25) is 10.1 Å². The van der Waals surface area contributed by atoms with Crippen molar-refractivity contribution in [1.29, 1.82) is 0 Å². The van der Waals surface area contributed by atoms with Crippen LogP contribution in [-0.2, 0) is 18.9 Å². The number of pyridine rings is 1. The number of anilines is 1. The normalized spacial score (nSPS) is 10.6. The quantitative estimate of drug-likeness (QED) is 0.306. The van der Waals surface area contributed by atoms with Crippen LogP contribution >= 0.6 is 11.8 Å². The summed E-state index contributed by atoms with van der Waals surface area (Å²) in [5.41, 5.74) is 2.90. The number of hydrogen-bond acceptors (Lipinski definition) is 7. The van der Waals surface area contributed by atoms with Crippen LogP contribution in [0.3, 0.4) is 0 Å². The lowest BCUT2D eigenvalue weighted by Crippen LogP contribution is -2.03. The Bertz CT molecular complexity index is 963. The number of rotatable bonds is 9. The van der Waals surface area contributed by atoms with E-state index in [1.165, 1.54) is 18.0 Å². The van der Waals surface area contributed by atoms with E-state index in [0.717, 1.165) is 22.4 Å². The first kappa shape index (κ1) is 20.6. The molecule has 0 aliphatic heterocycles. The van der Waals surface area contributed by atoms with Crippen molar-refractivity contribution in [2.24, 2.45) is 0 Å². The predicted molar refractivity (Wildman–Crippen MR) is 113 cm³/mol. The van der Waals surface area contributed by atoms with Gasteiger partial charge < -0.3 is 15.2 Å². The molecule has 2 aromatic carbocycles. The number of nitro groups is 1. The SMILES string of the molecule is COc1ccc(CSc2cc(NCc3ccc(CO)cc3)ncc2[N+](=O)[O-])cc1. The molecule has 1 aromatic heterocycles. The summed E-state index contributed by atoms with van der Waals surface area (Å²) < 4.78 is 5.15. The number of aliphatic hydroxyl groups excluding tert-OH is 1.